The smallest absolute Gasteiger partial charge is 0.257 e. The van der Waals surface area contributed by atoms with E-state index >= 15 is 0 Å². The zero-order valence-electron chi connectivity index (χ0n) is 16.5. The minimum Gasteiger partial charge on any atom is -0.298 e. The van der Waals surface area contributed by atoms with Crippen LogP contribution >= 0.6 is 36.7 Å². The highest BCUT2D eigenvalue weighted by atomic mass is 32.1. The molecule has 2 N–H and O–H groups in total. The molecule has 3 aromatic carbocycles. The summed E-state index contributed by atoms with van der Waals surface area (Å²) in [6, 6.07) is 24.7. The van der Waals surface area contributed by atoms with Gasteiger partial charge in [-0.05, 0) is 73.1 Å². The van der Waals surface area contributed by atoms with Gasteiger partial charge < -0.3 is 0 Å². The van der Waals surface area contributed by atoms with Crippen LogP contribution in [0.3, 0.4) is 0 Å². The minimum absolute atomic E-state index is 0.107. The van der Waals surface area contributed by atoms with Crippen molar-refractivity contribution in [1.29, 1.82) is 0 Å². The normalized spacial score (nSPS) is 10.5. The number of nitrogens with one attached hydrogen (secondary N) is 2. The fourth-order valence-electron chi connectivity index (χ4n) is 3.17. The zero-order chi connectivity index (χ0) is 22.7. The lowest BCUT2D eigenvalue weighted by atomic mass is 10.2. The molecule has 0 aliphatic carbocycles. The number of carbonyl (C=O) groups is 2. The molecule has 0 atom stereocenters. The molecule has 32 heavy (non-hydrogen) atoms. The summed E-state index contributed by atoms with van der Waals surface area (Å²) in [5.74, 6) is -0.705. The van der Waals surface area contributed by atoms with E-state index in [2.05, 4.69) is 10.6 Å². The second kappa shape index (κ2) is 9.31. The lowest BCUT2D eigenvalue weighted by Gasteiger charge is -2.10. The summed E-state index contributed by atoms with van der Waals surface area (Å²) in [5.41, 5.74) is 2.23. The van der Waals surface area contributed by atoms with Gasteiger partial charge in [-0.3, -0.25) is 29.4 Å². The third-order valence-electron chi connectivity index (χ3n) is 4.67. The van der Waals surface area contributed by atoms with Crippen LogP contribution in [0.15, 0.2) is 84.9 Å². The zero-order valence-corrected chi connectivity index (χ0v) is 19.0. The largest absolute Gasteiger partial charge is 0.298 e. The Hall–Kier alpha value is -3.53. The van der Waals surface area contributed by atoms with Crippen molar-refractivity contribution in [2.24, 2.45) is 0 Å². The summed E-state index contributed by atoms with van der Waals surface area (Å²) in [7, 11) is 0. The maximum Gasteiger partial charge on any atom is 0.257 e. The Morgan fingerprint density at radius 3 is 1.31 bits per heavy atom. The molecule has 1 heterocycles. The van der Waals surface area contributed by atoms with E-state index in [4.69, 9.17) is 36.7 Å². The number of aromatic nitrogens is 2. The van der Waals surface area contributed by atoms with Gasteiger partial charge in [0.25, 0.3) is 11.8 Å². The average Bonchev–Trinajstić information content (AvgIpc) is 3.12. The molecule has 0 aliphatic rings. The molecule has 0 saturated heterocycles. The number of nitrogens with zero attached hydrogens (tertiary/aromatic N) is 2. The number of carbonyl (C=O) groups excluding carboxylic acids is 2. The maximum atomic E-state index is 12.6. The fourth-order valence-corrected chi connectivity index (χ4v) is 4.22. The molecular formula is C23H16N4O2S3. The number of benzene rings is 3. The van der Waals surface area contributed by atoms with E-state index in [0.29, 0.717) is 22.2 Å². The van der Waals surface area contributed by atoms with Gasteiger partial charge in [0, 0.05) is 11.1 Å². The van der Waals surface area contributed by atoms with Crippen molar-refractivity contribution in [2.75, 3.05) is 0 Å². The first kappa shape index (κ1) is 21.7. The maximum absolute atomic E-state index is 12.6. The Morgan fingerprint density at radius 2 is 0.938 bits per heavy atom. The van der Waals surface area contributed by atoms with Gasteiger partial charge >= 0.3 is 0 Å². The minimum atomic E-state index is -0.353. The van der Waals surface area contributed by atoms with Gasteiger partial charge in [0.15, 0.2) is 15.0 Å². The van der Waals surface area contributed by atoms with Crippen LogP contribution in [0.2, 0.25) is 0 Å². The van der Waals surface area contributed by atoms with E-state index in [9.17, 15) is 9.59 Å². The van der Waals surface area contributed by atoms with Crippen molar-refractivity contribution in [3.63, 3.8) is 0 Å². The molecule has 0 bridgehead atoms. The molecule has 9 heteroatoms. The highest BCUT2D eigenvalue weighted by Crippen LogP contribution is 2.18. The predicted molar refractivity (Wildman–Crippen MR) is 135 cm³/mol. The van der Waals surface area contributed by atoms with Crippen molar-refractivity contribution in [3.8, 4) is 0 Å². The standard InChI is InChI=1S/C23H16N4O2S3/c28-19(15-9-3-1-4-10-15)24-21(30)26-17-13-7-8-14-18(17)27(23(26)32)22(31)25-20(29)16-11-5-2-6-12-16/h1-14H,(H,24,28,30)(H,25,29,31). The van der Waals surface area contributed by atoms with E-state index in [0.717, 1.165) is 0 Å². The number of para-hydroxylation sites is 2. The summed E-state index contributed by atoms with van der Waals surface area (Å²) in [6.45, 7) is 0. The third kappa shape index (κ3) is 4.26. The Kier molecular flexibility index (Phi) is 6.31. The third-order valence-corrected chi connectivity index (χ3v) is 5.60. The Bertz CT molecular complexity index is 1300. The Morgan fingerprint density at radius 1 is 0.594 bits per heavy atom. The van der Waals surface area contributed by atoms with Gasteiger partial charge in [-0.25, -0.2) is 0 Å². The van der Waals surface area contributed by atoms with Gasteiger partial charge in [0.05, 0.1) is 11.0 Å². The van der Waals surface area contributed by atoms with Crippen LogP contribution in [0.4, 0.5) is 0 Å². The predicted octanol–water partition coefficient (Wildman–Crippen LogP) is 4.30. The first-order valence-corrected chi connectivity index (χ1v) is 10.7. The van der Waals surface area contributed by atoms with Gasteiger partial charge in [-0.2, -0.15) is 0 Å². The highest BCUT2D eigenvalue weighted by Gasteiger charge is 2.19. The molecule has 4 aromatic rings. The number of fused-ring (bicyclic) bond motifs is 1. The van der Waals surface area contributed by atoms with Crippen molar-refractivity contribution in [1.82, 2.24) is 19.8 Å². The molecular weight excluding hydrogens is 460 g/mol. The molecule has 0 saturated carbocycles. The van der Waals surface area contributed by atoms with Crippen LogP contribution in [0, 0.1) is 4.77 Å². The number of rotatable bonds is 2. The van der Waals surface area contributed by atoms with E-state index < -0.39 is 0 Å². The van der Waals surface area contributed by atoms with Crippen molar-refractivity contribution >= 4 is 69.7 Å². The van der Waals surface area contributed by atoms with Gasteiger partial charge in [-0.1, -0.05) is 48.5 Å². The van der Waals surface area contributed by atoms with Gasteiger partial charge in [0.1, 0.15) is 0 Å². The van der Waals surface area contributed by atoms with E-state index in [1.165, 1.54) is 0 Å². The molecule has 0 aliphatic heterocycles. The summed E-state index contributed by atoms with van der Waals surface area (Å²) in [5, 5.41) is 5.63. The van der Waals surface area contributed by atoms with Crippen LogP contribution in [0.5, 0.6) is 0 Å². The van der Waals surface area contributed by atoms with Crippen LogP contribution in [-0.4, -0.2) is 31.2 Å². The van der Waals surface area contributed by atoms with Crippen LogP contribution < -0.4 is 10.6 Å². The quantitative estimate of drug-likeness (QED) is 0.422. The fraction of sp³-hybridized carbons (Fsp3) is 0. The van der Waals surface area contributed by atoms with Gasteiger partial charge in [-0.15, -0.1) is 0 Å². The number of amides is 2. The lowest BCUT2D eigenvalue weighted by Crippen LogP contribution is -2.36. The first-order valence-electron chi connectivity index (χ1n) is 9.51. The van der Waals surface area contributed by atoms with E-state index in [1.54, 1.807) is 57.7 Å². The molecule has 0 radical (unpaired) electrons. The molecule has 0 unspecified atom stereocenters. The van der Waals surface area contributed by atoms with Crippen LogP contribution in [-0.2, 0) is 0 Å². The lowest BCUT2D eigenvalue weighted by molar-refractivity contribution is 0.0968. The van der Waals surface area contributed by atoms with E-state index in [1.807, 2.05) is 36.4 Å². The summed E-state index contributed by atoms with van der Waals surface area (Å²) < 4.78 is 3.31. The van der Waals surface area contributed by atoms with Crippen molar-refractivity contribution < 1.29 is 9.59 Å². The summed E-state index contributed by atoms with van der Waals surface area (Å²) in [6.07, 6.45) is 0. The molecule has 6 nitrogen and oxygen atoms in total. The topological polar surface area (TPSA) is 68.1 Å². The van der Waals surface area contributed by atoms with E-state index in [-0.39, 0.29) is 26.8 Å². The number of imidazole rings is 1. The molecule has 4 rings (SSSR count). The average molecular weight is 477 g/mol. The molecule has 2 amide bonds. The van der Waals surface area contributed by atoms with Crippen molar-refractivity contribution in [3.05, 3.63) is 101 Å². The summed E-state index contributed by atoms with van der Waals surface area (Å²) in [4.78, 5) is 25.2. The summed E-state index contributed by atoms with van der Waals surface area (Å²) >= 11 is 16.6. The SMILES string of the molecule is O=C(NC(=S)n1c(=S)n(C(=S)NC(=O)c2ccccc2)c2ccccc21)c1ccccc1. The van der Waals surface area contributed by atoms with Gasteiger partial charge in [0.2, 0.25) is 0 Å². The second-order valence-corrected chi connectivity index (χ2v) is 7.83. The van der Waals surface area contributed by atoms with Crippen molar-refractivity contribution in [2.45, 2.75) is 0 Å². The number of hydrogen-bond donors (Lipinski definition) is 2. The van der Waals surface area contributed by atoms with Crippen LogP contribution in [0.1, 0.15) is 20.7 Å². The molecule has 1 aromatic heterocycles. The Labute approximate surface area is 199 Å². The van der Waals surface area contributed by atoms with Crippen LogP contribution in [0.25, 0.3) is 11.0 Å². The first-order chi connectivity index (χ1) is 15.5. The number of hydrogen-bond acceptors (Lipinski definition) is 5. The second-order valence-electron chi connectivity index (χ2n) is 6.69. The Balaban J connectivity index is 1.68. The molecule has 158 valence electrons. The number of thiocarbonyl (C=S) groups is 2. The molecule has 0 fully saturated rings. The highest BCUT2D eigenvalue weighted by molar-refractivity contribution is 7.80. The molecule has 0 spiro atoms. The monoisotopic (exact) mass is 476 g/mol.